The van der Waals surface area contributed by atoms with Gasteiger partial charge < -0.3 is 9.53 Å². The monoisotopic (exact) mass is 156 g/mol. The third-order valence-corrected chi connectivity index (χ3v) is 1.85. The van der Waals surface area contributed by atoms with E-state index in [2.05, 4.69) is 0 Å². The van der Waals surface area contributed by atoms with Gasteiger partial charge in [-0.25, -0.2) is 0 Å². The van der Waals surface area contributed by atoms with E-state index in [1.165, 1.54) is 0 Å². The highest BCUT2D eigenvalue weighted by Crippen LogP contribution is 2.20. The van der Waals surface area contributed by atoms with Gasteiger partial charge in [-0.2, -0.15) is 0 Å². The Bertz CT molecular complexity index is 147. The Morgan fingerprint density at radius 2 is 2.09 bits per heavy atom. The first-order chi connectivity index (χ1) is 5.33. The normalized spacial score (nSPS) is 18.2. The SMILES string of the molecule is O=CCC(=O)OC1CCCC1. The summed E-state index contributed by atoms with van der Waals surface area (Å²) >= 11 is 0. The molecule has 0 saturated heterocycles. The van der Waals surface area contributed by atoms with Crippen molar-refractivity contribution in [3.05, 3.63) is 0 Å². The van der Waals surface area contributed by atoms with Crippen molar-refractivity contribution in [1.29, 1.82) is 0 Å². The number of ether oxygens (including phenoxy) is 1. The van der Waals surface area contributed by atoms with Gasteiger partial charge in [-0.3, -0.25) is 4.79 Å². The first kappa shape index (κ1) is 8.24. The molecule has 0 amide bonds. The molecule has 0 bridgehead atoms. The van der Waals surface area contributed by atoms with E-state index >= 15 is 0 Å². The summed E-state index contributed by atoms with van der Waals surface area (Å²) in [6.07, 6.45) is 4.77. The molecule has 62 valence electrons. The topological polar surface area (TPSA) is 43.4 Å². The van der Waals surface area contributed by atoms with Crippen molar-refractivity contribution in [2.45, 2.75) is 38.2 Å². The van der Waals surface area contributed by atoms with Gasteiger partial charge in [0.05, 0.1) is 0 Å². The average molecular weight is 156 g/mol. The second-order valence-corrected chi connectivity index (χ2v) is 2.77. The fourth-order valence-electron chi connectivity index (χ4n) is 1.31. The molecule has 1 rings (SSSR count). The standard InChI is InChI=1S/C8H12O3/c9-6-5-8(10)11-7-3-1-2-4-7/h6-7H,1-5H2. The minimum absolute atomic E-state index is 0.0856. The van der Waals surface area contributed by atoms with Gasteiger partial charge in [0, 0.05) is 0 Å². The van der Waals surface area contributed by atoms with Gasteiger partial charge in [0.1, 0.15) is 18.8 Å². The molecule has 3 heteroatoms. The predicted molar refractivity (Wildman–Crippen MR) is 39.0 cm³/mol. The fraction of sp³-hybridized carbons (Fsp3) is 0.750. The van der Waals surface area contributed by atoms with E-state index < -0.39 is 0 Å². The van der Waals surface area contributed by atoms with Gasteiger partial charge in [0.2, 0.25) is 0 Å². The van der Waals surface area contributed by atoms with Crippen LogP contribution < -0.4 is 0 Å². The summed E-state index contributed by atoms with van der Waals surface area (Å²) in [7, 11) is 0. The van der Waals surface area contributed by atoms with E-state index in [0.717, 1.165) is 25.7 Å². The molecule has 0 radical (unpaired) electrons. The van der Waals surface area contributed by atoms with Crippen LogP contribution in [0.5, 0.6) is 0 Å². The number of hydrogen-bond donors (Lipinski definition) is 0. The molecule has 0 unspecified atom stereocenters. The predicted octanol–water partition coefficient (Wildman–Crippen LogP) is 1.06. The number of esters is 1. The summed E-state index contributed by atoms with van der Waals surface area (Å²) in [5.74, 6) is -0.382. The van der Waals surface area contributed by atoms with Gasteiger partial charge >= 0.3 is 5.97 Å². The number of carbonyl (C=O) groups is 2. The maximum Gasteiger partial charge on any atom is 0.313 e. The maximum absolute atomic E-state index is 10.7. The molecule has 0 spiro atoms. The molecule has 11 heavy (non-hydrogen) atoms. The molecule has 0 N–H and O–H groups in total. The second-order valence-electron chi connectivity index (χ2n) is 2.77. The van der Waals surface area contributed by atoms with E-state index in [-0.39, 0.29) is 18.5 Å². The van der Waals surface area contributed by atoms with Crippen LogP contribution in [0, 0.1) is 0 Å². The number of rotatable bonds is 3. The molecule has 1 saturated carbocycles. The zero-order valence-electron chi connectivity index (χ0n) is 6.41. The Balaban J connectivity index is 2.18. The van der Waals surface area contributed by atoms with Crippen LogP contribution in [0.3, 0.4) is 0 Å². The lowest BCUT2D eigenvalue weighted by molar-refractivity contribution is -0.149. The lowest BCUT2D eigenvalue weighted by atomic mass is 10.3. The van der Waals surface area contributed by atoms with Crippen molar-refractivity contribution in [3.63, 3.8) is 0 Å². The molecule has 3 nitrogen and oxygen atoms in total. The molecule has 0 aromatic rings. The molecule has 0 aromatic heterocycles. The summed E-state index contributed by atoms with van der Waals surface area (Å²) in [4.78, 5) is 20.6. The number of carbonyl (C=O) groups excluding carboxylic acids is 2. The third kappa shape index (κ3) is 2.70. The summed E-state index contributed by atoms with van der Waals surface area (Å²) in [6.45, 7) is 0. The molecule has 1 fully saturated rings. The largest absolute Gasteiger partial charge is 0.462 e. The number of hydrogen-bond acceptors (Lipinski definition) is 3. The first-order valence-electron chi connectivity index (χ1n) is 3.96. The van der Waals surface area contributed by atoms with Crippen LogP contribution in [0.2, 0.25) is 0 Å². The summed E-state index contributed by atoms with van der Waals surface area (Å²) in [5.41, 5.74) is 0. The van der Waals surface area contributed by atoms with Crippen molar-refractivity contribution in [2.75, 3.05) is 0 Å². The van der Waals surface area contributed by atoms with Crippen LogP contribution in [0.1, 0.15) is 32.1 Å². The van der Waals surface area contributed by atoms with E-state index in [9.17, 15) is 9.59 Å². The second kappa shape index (κ2) is 4.11. The fourth-order valence-corrected chi connectivity index (χ4v) is 1.31. The average Bonchev–Trinajstić information content (AvgIpc) is 2.40. The summed E-state index contributed by atoms with van der Waals surface area (Å²) < 4.78 is 4.98. The third-order valence-electron chi connectivity index (χ3n) is 1.85. The van der Waals surface area contributed by atoms with Crippen molar-refractivity contribution in [1.82, 2.24) is 0 Å². The lowest BCUT2D eigenvalue weighted by Crippen LogP contribution is -2.14. The first-order valence-corrected chi connectivity index (χ1v) is 3.96. The van der Waals surface area contributed by atoms with Gasteiger partial charge in [0.15, 0.2) is 0 Å². The van der Waals surface area contributed by atoms with Crippen molar-refractivity contribution in [3.8, 4) is 0 Å². The van der Waals surface area contributed by atoms with Crippen LogP contribution in [0.15, 0.2) is 0 Å². The highest BCUT2D eigenvalue weighted by Gasteiger charge is 2.18. The van der Waals surface area contributed by atoms with Crippen LogP contribution in [0.4, 0.5) is 0 Å². The smallest absolute Gasteiger partial charge is 0.313 e. The van der Waals surface area contributed by atoms with Crippen molar-refractivity contribution < 1.29 is 14.3 Å². The molecule has 0 atom stereocenters. The Morgan fingerprint density at radius 3 is 2.64 bits per heavy atom. The van der Waals surface area contributed by atoms with Crippen LogP contribution >= 0.6 is 0 Å². The minimum Gasteiger partial charge on any atom is -0.462 e. The van der Waals surface area contributed by atoms with Crippen LogP contribution in [0.25, 0.3) is 0 Å². The lowest BCUT2D eigenvalue weighted by Gasteiger charge is -2.08. The molecule has 0 aliphatic heterocycles. The number of aldehydes is 1. The Hall–Kier alpha value is -0.860. The van der Waals surface area contributed by atoms with Crippen LogP contribution in [-0.2, 0) is 14.3 Å². The van der Waals surface area contributed by atoms with Gasteiger partial charge in [-0.05, 0) is 25.7 Å². The summed E-state index contributed by atoms with van der Waals surface area (Å²) in [5, 5.41) is 0. The molecule has 0 aromatic carbocycles. The molecular weight excluding hydrogens is 144 g/mol. The highest BCUT2D eigenvalue weighted by molar-refractivity contribution is 5.83. The molecule has 1 aliphatic rings. The maximum atomic E-state index is 10.7. The zero-order valence-corrected chi connectivity index (χ0v) is 6.41. The van der Waals surface area contributed by atoms with Crippen molar-refractivity contribution >= 4 is 12.3 Å². The van der Waals surface area contributed by atoms with Gasteiger partial charge in [-0.1, -0.05) is 0 Å². The molecule has 1 aliphatic carbocycles. The van der Waals surface area contributed by atoms with E-state index in [1.54, 1.807) is 0 Å². The Labute approximate surface area is 65.7 Å². The minimum atomic E-state index is -0.382. The van der Waals surface area contributed by atoms with E-state index in [0.29, 0.717) is 6.29 Å². The zero-order chi connectivity index (χ0) is 8.10. The Morgan fingerprint density at radius 1 is 1.45 bits per heavy atom. The summed E-state index contributed by atoms with van der Waals surface area (Å²) in [6, 6.07) is 0. The van der Waals surface area contributed by atoms with Crippen LogP contribution in [-0.4, -0.2) is 18.4 Å². The molecule has 0 heterocycles. The highest BCUT2D eigenvalue weighted by atomic mass is 16.5. The van der Waals surface area contributed by atoms with E-state index in [4.69, 9.17) is 4.74 Å². The molecular formula is C8H12O3. The van der Waals surface area contributed by atoms with Gasteiger partial charge in [0.25, 0.3) is 0 Å². The van der Waals surface area contributed by atoms with Crippen molar-refractivity contribution in [2.24, 2.45) is 0 Å². The Kier molecular flexibility index (Phi) is 3.08. The van der Waals surface area contributed by atoms with E-state index in [1.807, 2.05) is 0 Å². The van der Waals surface area contributed by atoms with Gasteiger partial charge in [-0.15, -0.1) is 0 Å². The quantitative estimate of drug-likeness (QED) is 0.348.